The molecule has 1 N–H and O–H groups in total. The van der Waals surface area contributed by atoms with E-state index in [0.717, 1.165) is 17.0 Å². The van der Waals surface area contributed by atoms with Gasteiger partial charge in [0.15, 0.2) is 0 Å². The van der Waals surface area contributed by atoms with Crippen LogP contribution in [0.5, 0.6) is 5.75 Å². The molecule has 0 aliphatic heterocycles. The molecule has 2 rings (SSSR count). The zero-order chi connectivity index (χ0) is 16.8. The number of ether oxygens (including phenoxy) is 1. The van der Waals surface area contributed by atoms with Crippen LogP contribution < -0.4 is 15.6 Å². The average molecular weight is 316 g/mol. The molecule has 0 radical (unpaired) electrons. The summed E-state index contributed by atoms with van der Waals surface area (Å²) in [5.74, 6) is 0.368. The second-order valence-corrected chi connectivity index (χ2v) is 5.31. The lowest BCUT2D eigenvalue weighted by Crippen LogP contribution is -2.23. The van der Waals surface area contributed by atoms with Crippen molar-refractivity contribution in [3.63, 3.8) is 0 Å². The lowest BCUT2D eigenvalue weighted by molar-refractivity contribution is 0.102. The third-order valence-corrected chi connectivity index (χ3v) is 3.11. The third kappa shape index (κ3) is 4.93. The summed E-state index contributed by atoms with van der Waals surface area (Å²) in [5.41, 5.74) is 0.546. The standard InChI is InChI=1S/C16H20N4O3/c1-19(2)10-11-23-13-6-4-12(5-7-13)17-16(22)14-8-9-15(21)20(3)18-14/h4-9H,10-11H2,1-3H3,(H,17,22). The van der Waals surface area contributed by atoms with E-state index in [4.69, 9.17) is 4.74 Å². The maximum absolute atomic E-state index is 12.1. The van der Waals surface area contributed by atoms with Gasteiger partial charge in [0, 0.05) is 25.3 Å². The van der Waals surface area contributed by atoms with Crippen LogP contribution in [0.2, 0.25) is 0 Å². The monoisotopic (exact) mass is 316 g/mol. The lowest BCUT2D eigenvalue weighted by atomic mass is 10.3. The molecule has 7 nitrogen and oxygen atoms in total. The van der Waals surface area contributed by atoms with Gasteiger partial charge in [-0.25, -0.2) is 4.68 Å². The van der Waals surface area contributed by atoms with Crippen molar-refractivity contribution in [1.82, 2.24) is 14.7 Å². The van der Waals surface area contributed by atoms with E-state index in [1.54, 1.807) is 24.3 Å². The van der Waals surface area contributed by atoms with Gasteiger partial charge in [-0.2, -0.15) is 5.10 Å². The Hall–Kier alpha value is -2.67. The SMILES string of the molecule is CN(C)CCOc1ccc(NC(=O)c2ccc(=O)n(C)n2)cc1. The van der Waals surface area contributed by atoms with Crippen LogP contribution in [-0.2, 0) is 7.05 Å². The van der Waals surface area contributed by atoms with Crippen LogP contribution in [0, 0.1) is 0 Å². The Bertz CT molecular complexity index is 723. The van der Waals surface area contributed by atoms with Gasteiger partial charge in [-0.05, 0) is 44.4 Å². The molecule has 1 heterocycles. The van der Waals surface area contributed by atoms with Crippen LogP contribution in [0.3, 0.4) is 0 Å². The largest absolute Gasteiger partial charge is 0.492 e. The van der Waals surface area contributed by atoms with Gasteiger partial charge < -0.3 is 15.0 Å². The molecule has 0 unspecified atom stereocenters. The smallest absolute Gasteiger partial charge is 0.276 e. The molecular formula is C16H20N4O3. The number of hydrogen-bond acceptors (Lipinski definition) is 5. The fourth-order valence-electron chi connectivity index (χ4n) is 1.80. The summed E-state index contributed by atoms with van der Waals surface area (Å²) in [5, 5.41) is 6.63. The highest BCUT2D eigenvalue weighted by atomic mass is 16.5. The molecule has 2 aromatic rings. The normalized spacial score (nSPS) is 10.6. The van der Waals surface area contributed by atoms with Crippen LogP contribution in [-0.4, -0.2) is 47.8 Å². The number of carbonyl (C=O) groups excluding carboxylic acids is 1. The Kier molecular flexibility index (Phi) is 5.48. The zero-order valence-corrected chi connectivity index (χ0v) is 13.4. The Morgan fingerprint density at radius 2 is 1.91 bits per heavy atom. The zero-order valence-electron chi connectivity index (χ0n) is 13.4. The van der Waals surface area contributed by atoms with Gasteiger partial charge in [-0.15, -0.1) is 0 Å². The fraction of sp³-hybridized carbons (Fsp3) is 0.312. The molecule has 0 spiro atoms. The molecule has 0 aliphatic rings. The lowest BCUT2D eigenvalue weighted by Gasteiger charge is -2.11. The number of benzene rings is 1. The summed E-state index contributed by atoms with van der Waals surface area (Å²) < 4.78 is 6.71. The van der Waals surface area contributed by atoms with E-state index < -0.39 is 0 Å². The number of likely N-dealkylation sites (N-methyl/N-ethyl adjacent to an activating group) is 1. The molecule has 0 saturated heterocycles. The molecule has 1 aromatic heterocycles. The van der Waals surface area contributed by atoms with Crippen molar-refractivity contribution in [1.29, 1.82) is 0 Å². The van der Waals surface area contributed by atoms with Crippen LogP contribution >= 0.6 is 0 Å². The number of rotatable bonds is 6. The maximum atomic E-state index is 12.1. The number of carbonyl (C=O) groups is 1. The fourth-order valence-corrected chi connectivity index (χ4v) is 1.80. The Morgan fingerprint density at radius 3 is 2.52 bits per heavy atom. The molecule has 1 aromatic carbocycles. The van der Waals surface area contributed by atoms with Crippen molar-refractivity contribution in [3.05, 3.63) is 52.4 Å². The second kappa shape index (κ2) is 7.55. The van der Waals surface area contributed by atoms with E-state index in [0.29, 0.717) is 12.3 Å². The van der Waals surface area contributed by atoms with Gasteiger partial charge in [0.05, 0.1) is 0 Å². The second-order valence-electron chi connectivity index (χ2n) is 5.31. The number of hydrogen-bond donors (Lipinski definition) is 1. The van der Waals surface area contributed by atoms with Gasteiger partial charge in [0.1, 0.15) is 18.1 Å². The van der Waals surface area contributed by atoms with Crippen molar-refractivity contribution >= 4 is 11.6 Å². The minimum absolute atomic E-state index is 0.179. The van der Waals surface area contributed by atoms with E-state index in [-0.39, 0.29) is 17.2 Å². The van der Waals surface area contributed by atoms with Gasteiger partial charge in [-0.3, -0.25) is 9.59 Å². The van der Waals surface area contributed by atoms with Crippen molar-refractivity contribution in [3.8, 4) is 5.75 Å². The Balaban J connectivity index is 1.96. The first-order valence-electron chi connectivity index (χ1n) is 7.19. The number of amides is 1. The number of aromatic nitrogens is 2. The minimum Gasteiger partial charge on any atom is -0.492 e. The molecule has 0 bridgehead atoms. The summed E-state index contributed by atoms with van der Waals surface area (Å²) in [6.45, 7) is 1.43. The van der Waals surface area contributed by atoms with Crippen LogP contribution in [0.25, 0.3) is 0 Å². The highest BCUT2D eigenvalue weighted by Gasteiger charge is 2.09. The number of nitrogens with one attached hydrogen (secondary N) is 1. The van der Waals surface area contributed by atoms with Crippen LogP contribution in [0.1, 0.15) is 10.5 Å². The number of anilines is 1. The predicted octanol–water partition coefficient (Wildman–Crippen LogP) is 0.973. The van der Waals surface area contributed by atoms with Gasteiger partial charge in [0.2, 0.25) is 0 Å². The summed E-state index contributed by atoms with van der Waals surface area (Å²) in [6, 6.07) is 9.80. The predicted molar refractivity (Wildman–Crippen MR) is 87.9 cm³/mol. The topological polar surface area (TPSA) is 76.5 Å². The van der Waals surface area contributed by atoms with Crippen molar-refractivity contribution in [2.24, 2.45) is 7.05 Å². The number of aryl methyl sites for hydroxylation is 1. The first-order chi connectivity index (χ1) is 11.0. The molecule has 0 saturated carbocycles. The van der Waals surface area contributed by atoms with E-state index in [9.17, 15) is 9.59 Å². The van der Waals surface area contributed by atoms with Crippen molar-refractivity contribution in [2.45, 2.75) is 0 Å². The molecule has 0 fully saturated rings. The first kappa shape index (κ1) is 16.7. The molecule has 1 amide bonds. The molecule has 0 atom stereocenters. The highest BCUT2D eigenvalue weighted by molar-refractivity contribution is 6.02. The van der Waals surface area contributed by atoms with Crippen molar-refractivity contribution in [2.75, 3.05) is 32.6 Å². The quantitative estimate of drug-likeness (QED) is 0.859. The summed E-state index contributed by atoms with van der Waals surface area (Å²) in [4.78, 5) is 25.4. The number of nitrogens with zero attached hydrogens (tertiary/aromatic N) is 3. The maximum Gasteiger partial charge on any atom is 0.276 e. The molecule has 7 heteroatoms. The van der Waals surface area contributed by atoms with Crippen molar-refractivity contribution < 1.29 is 9.53 Å². The van der Waals surface area contributed by atoms with Crippen LogP contribution in [0.4, 0.5) is 5.69 Å². The van der Waals surface area contributed by atoms with E-state index in [1.807, 2.05) is 19.0 Å². The molecule has 0 aliphatic carbocycles. The van der Waals surface area contributed by atoms with E-state index in [1.165, 1.54) is 19.2 Å². The van der Waals surface area contributed by atoms with Gasteiger partial charge in [0.25, 0.3) is 11.5 Å². The van der Waals surface area contributed by atoms with Gasteiger partial charge in [-0.1, -0.05) is 0 Å². The third-order valence-electron chi connectivity index (χ3n) is 3.11. The minimum atomic E-state index is -0.373. The average Bonchev–Trinajstić information content (AvgIpc) is 2.51. The van der Waals surface area contributed by atoms with Gasteiger partial charge >= 0.3 is 0 Å². The first-order valence-corrected chi connectivity index (χ1v) is 7.19. The molecular weight excluding hydrogens is 296 g/mol. The van der Waals surface area contributed by atoms with E-state index >= 15 is 0 Å². The summed E-state index contributed by atoms with van der Waals surface area (Å²) in [7, 11) is 5.46. The van der Waals surface area contributed by atoms with E-state index in [2.05, 4.69) is 10.4 Å². The molecule has 23 heavy (non-hydrogen) atoms. The Labute approximate surface area is 134 Å². The highest BCUT2D eigenvalue weighted by Crippen LogP contribution is 2.16. The van der Waals surface area contributed by atoms with Crippen LogP contribution in [0.15, 0.2) is 41.2 Å². The summed E-state index contributed by atoms with van der Waals surface area (Å²) in [6.07, 6.45) is 0. The summed E-state index contributed by atoms with van der Waals surface area (Å²) >= 11 is 0. The molecule has 122 valence electrons. The Morgan fingerprint density at radius 1 is 1.22 bits per heavy atom.